The standard InChI is InChI=1S/C20H31NO2/c1-15-5-3-4-6-20(15)21-16(2)17-7-9-18(10-8-17)23-19-11-13-22-14-12-19/h7-10,15-16,19-21H,3-6,11-14H2,1-2H3/t15-,16+,20-/m1/s1. The number of rotatable bonds is 5. The molecule has 0 spiro atoms. The van der Waals surface area contributed by atoms with E-state index in [4.69, 9.17) is 9.47 Å². The fraction of sp³-hybridized carbons (Fsp3) is 0.700. The molecule has 1 aromatic carbocycles. The van der Waals surface area contributed by atoms with Gasteiger partial charge in [0.05, 0.1) is 13.2 Å². The Bertz CT molecular complexity index is 467. The van der Waals surface area contributed by atoms with Crippen LogP contribution in [-0.2, 0) is 4.74 Å². The average Bonchev–Trinajstić information content (AvgIpc) is 2.58. The van der Waals surface area contributed by atoms with Crippen LogP contribution in [-0.4, -0.2) is 25.4 Å². The zero-order chi connectivity index (χ0) is 16.1. The Hall–Kier alpha value is -1.06. The van der Waals surface area contributed by atoms with E-state index in [-0.39, 0.29) is 0 Å². The summed E-state index contributed by atoms with van der Waals surface area (Å²) in [7, 11) is 0. The fourth-order valence-corrected chi connectivity index (χ4v) is 3.80. The third-order valence-corrected chi connectivity index (χ3v) is 5.43. The van der Waals surface area contributed by atoms with E-state index in [2.05, 4.69) is 43.4 Å². The molecule has 3 atom stereocenters. The summed E-state index contributed by atoms with van der Waals surface area (Å²) in [5.41, 5.74) is 1.35. The van der Waals surface area contributed by atoms with Gasteiger partial charge < -0.3 is 14.8 Å². The maximum atomic E-state index is 6.06. The Morgan fingerprint density at radius 3 is 2.43 bits per heavy atom. The maximum absolute atomic E-state index is 6.06. The summed E-state index contributed by atoms with van der Waals surface area (Å²) in [6, 6.07) is 9.72. The molecule has 1 aliphatic heterocycles. The van der Waals surface area contributed by atoms with Crippen molar-refractivity contribution in [3.63, 3.8) is 0 Å². The maximum Gasteiger partial charge on any atom is 0.119 e. The largest absolute Gasteiger partial charge is 0.490 e. The third-order valence-electron chi connectivity index (χ3n) is 5.43. The van der Waals surface area contributed by atoms with Crippen molar-refractivity contribution >= 4 is 0 Å². The summed E-state index contributed by atoms with van der Waals surface area (Å²) in [5, 5.41) is 3.83. The van der Waals surface area contributed by atoms with Gasteiger partial charge in [0.15, 0.2) is 0 Å². The van der Waals surface area contributed by atoms with E-state index in [1.165, 1.54) is 31.2 Å². The number of ether oxygens (including phenoxy) is 2. The Kier molecular flexibility index (Phi) is 5.96. The third kappa shape index (κ3) is 4.71. The molecule has 1 saturated carbocycles. The van der Waals surface area contributed by atoms with E-state index in [1.807, 2.05) is 0 Å². The zero-order valence-electron chi connectivity index (χ0n) is 14.6. The molecule has 1 N–H and O–H groups in total. The number of hydrogen-bond acceptors (Lipinski definition) is 3. The van der Waals surface area contributed by atoms with Crippen molar-refractivity contribution in [2.24, 2.45) is 5.92 Å². The second kappa shape index (κ2) is 8.16. The monoisotopic (exact) mass is 317 g/mol. The van der Waals surface area contributed by atoms with Gasteiger partial charge in [-0.2, -0.15) is 0 Å². The zero-order valence-corrected chi connectivity index (χ0v) is 14.6. The van der Waals surface area contributed by atoms with Gasteiger partial charge in [0.2, 0.25) is 0 Å². The van der Waals surface area contributed by atoms with Crippen LogP contribution in [0.2, 0.25) is 0 Å². The lowest BCUT2D eigenvalue weighted by Crippen LogP contribution is -2.38. The number of hydrogen-bond donors (Lipinski definition) is 1. The van der Waals surface area contributed by atoms with Crippen LogP contribution in [0.5, 0.6) is 5.75 Å². The molecule has 2 fully saturated rings. The first-order valence-corrected chi connectivity index (χ1v) is 9.33. The Labute approximate surface area is 140 Å². The average molecular weight is 317 g/mol. The molecule has 2 aliphatic rings. The van der Waals surface area contributed by atoms with Gasteiger partial charge in [-0.15, -0.1) is 0 Å². The Balaban J connectivity index is 1.53. The molecular weight excluding hydrogens is 286 g/mol. The second-order valence-electron chi connectivity index (χ2n) is 7.26. The molecule has 3 nitrogen and oxygen atoms in total. The lowest BCUT2D eigenvalue weighted by atomic mass is 9.85. The highest BCUT2D eigenvalue weighted by atomic mass is 16.5. The molecule has 1 heterocycles. The Morgan fingerprint density at radius 1 is 1.04 bits per heavy atom. The van der Waals surface area contributed by atoms with Crippen LogP contribution in [0.15, 0.2) is 24.3 Å². The van der Waals surface area contributed by atoms with Crippen LogP contribution < -0.4 is 10.1 Å². The lowest BCUT2D eigenvalue weighted by molar-refractivity contribution is 0.0255. The predicted octanol–water partition coefficient (Wildman–Crippen LogP) is 4.47. The first-order chi connectivity index (χ1) is 11.2. The van der Waals surface area contributed by atoms with Gasteiger partial charge in [-0.05, 0) is 43.4 Å². The highest BCUT2D eigenvalue weighted by Gasteiger charge is 2.23. The Morgan fingerprint density at radius 2 is 1.74 bits per heavy atom. The summed E-state index contributed by atoms with van der Waals surface area (Å²) in [4.78, 5) is 0. The van der Waals surface area contributed by atoms with E-state index in [0.717, 1.165) is 37.7 Å². The highest BCUT2D eigenvalue weighted by Crippen LogP contribution is 2.27. The van der Waals surface area contributed by atoms with Crippen LogP contribution in [0.25, 0.3) is 0 Å². The molecule has 1 saturated heterocycles. The quantitative estimate of drug-likeness (QED) is 0.869. The van der Waals surface area contributed by atoms with E-state index >= 15 is 0 Å². The van der Waals surface area contributed by atoms with Gasteiger partial charge in [-0.1, -0.05) is 31.9 Å². The van der Waals surface area contributed by atoms with Crippen LogP contribution in [0.3, 0.4) is 0 Å². The molecule has 1 aliphatic carbocycles. The van der Waals surface area contributed by atoms with Gasteiger partial charge >= 0.3 is 0 Å². The topological polar surface area (TPSA) is 30.5 Å². The molecule has 3 heteroatoms. The molecule has 0 aromatic heterocycles. The predicted molar refractivity (Wildman–Crippen MR) is 93.9 cm³/mol. The van der Waals surface area contributed by atoms with E-state index in [0.29, 0.717) is 18.2 Å². The van der Waals surface area contributed by atoms with Crippen LogP contribution in [0.4, 0.5) is 0 Å². The van der Waals surface area contributed by atoms with Crippen molar-refractivity contribution in [3.8, 4) is 5.75 Å². The van der Waals surface area contributed by atoms with Crippen molar-refractivity contribution in [2.75, 3.05) is 13.2 Å². The molecule has 3 rings (SSSR count). The van der Waals surface area contributed by atoms with Crippen molar-refractivity contribution in [1.29, 1.82) is 0 Å². The summed E-state index contributed by atoms with van der Waals surface area (Å²) < 4.78 is 11.4. The molecular formula is C20H31NO2. The van der Waals surface area contributed by atoms with Crippen LogP contribution in [0.1, 0.15) is 64.0 Å². The number of nitrogens with one attached hydrogen (secondary N) is 1. The summed E-state index contributed by atoms with van der Waals surface area (Å²) >= 11 is 0. The lowest BCUT2D eigenvalue weighted by Gasteiger charge is -2.32. The summed E-state index contributed by atoms with van der Waals surface area (Å²) in [5.74, 6) is 1.78. The van der Waals surface area contributed by atoms with Gasteiger partial charge in [-0.3, -0.25) is 0 Å². The van der Waals surface area contributed by atoms with Crippen molar-refractivity contribution in [1.82, 2.24) is 5.32 Å². The molecule has 0 bridgehead atoms. The van der Waals surface area contributed by atoms with E-state index < -0.39 is 0 Å². The molecule has 1 aromatic rings. The SMILES string of the molecule is C[C@H](N[C@@H]1CCCC[C@H]1C)c1ccc(OC2CCOCC2)cc1. The molecule has 128 valence electrons. The first kappa shape index (κ1) is 16.8. The highest BCUT2D eigenvalue weighted by molar-refractivity contribution is 5.29. The van der Waals surface area contributed by atoms with Crippen molar-refractivity contribution in [3.05, 3.63) is 29.8 Å². The molecule has 0 amide bonds. The minimum absolute atomic E-state index is 0.313. The van der Waals surface area contributed by atoms with Gasteiger partial charge in [0.25, 0.3) is 0 Å². The van der Waals surface area contributed by atoms with E-state index in [1.54, 1.807) is 0 Å². The van der Waals surface area contributed by atoms with Gasteiger partial charge in [-0.25, -0.2) is 0 Å². The fourth-order valence-electron chi connectivity index (χ4n) is 3.80. The van der Waals surface area contributed by atoms with E-state index in [9.17, 15) is 0 Å². The smallest absolute Gasteiger partial charge is 0.119 e. The van der Waals surface area contributed by atoms with Gasteiger partial charge in [0.1, 0.15) is 11.9 Å². The summed E-state index contributed by atoms with van der Waals surface area (Å²) in [6.07, 6.45) is 7.75. The van der Waals surface area contributed by atoms with Crippen molar-refractivity contribution < 1.29 is 9.47 Å². The normalized spacial score (nSPS) is 27.6. The molecule has 0 radical (unpaired) electrons. The van der Waals surface area contributed by atoms with Gasteiger partial charge in [0, 0.05) is 24.9 Å². The van der Waals surface area contributed by atoms with Crippen LogP contribution >= 0.6 is 0 Å². The molecule has 23 heavy (non-hydrogen) atoms. The second-order valence-corrected chi connectivity index (χ2v) is 7.26. The minimum Gasteiger partial charge on any atom is -0.490 e. The van der Waals surface area contributed by atoms with Crippen molar-refractivity contribution in [2.45, 2.75) is 70.6 Å². The summed E-state index contributed by atoms with van der Waals surface area (Å²) in [6.45, 7) is 6.30. The van der Waals surface area contributed by atoms with Crippen LogP contribution in [0, 0.1) is 5.92 Å². The first-order valence-electron chi connectivity index (χ1n) is 9.33. The number of benzene rings is 1. The molecule has 0 unspecified atom stereocenters. The minimum atomic E-state index is 0.313.